The van der Waals surface area contributed by atoms with E-state index >= 15 is 0 Å². The maximum atomic E-state index is 14.1. The Morgan fingerprint density at radius 1 is 1.30 bits per heavy atom. The van der Waals surface area contributed by atoms with Crippen LogP contribution in [0.1, 0.15) is 36.0 Å². The van der Waals surface area contributed by atoms with Gasteiger partial charge in [-0.3, -0.25) is 9.36 Å². The van der Waals surface area contributed by atoms with E-state index in [1.165, 1.54) is 23.5 Å². The molecule has 0 spiro atoms. The first kappa shape index (κ1) is 20.4. The van der Waals surface area contributed by atoms with Crippen LogP contribution in [0.4, 0.5) is 4.39 Å². The number of hydrogen-bond acceptors (Lipinski definition) is 6. The summed E-state index contributed by atoms with van der Waals surface area (Å²) in [6.07, 6.45) is 3.53. The molecule has 0 atom stereocenters. The molecule has 1 aliphatic rings. The number of oxazole rings is 1. The molecule has 0 bridgehead atoms. The average Bonchev–Trinajstić information content (AvgIpc) is 3.45. The number of nitrogens with zero attached hydrogens (tertiary/aromatic N) is 3. The van der Waals surface area contributed by atoms with Gasteiger partial charge in [-0.25, -0.2) is 14.4 Å². The Bertz CT molecular complexity index is 1630. The van der Waals surface area contributed by atoms with Gasteiger partial charge in [0.1, 0.15) is 22.2 Å². The minimum absolute atomic E-state index is 0.0732. The standard InChI is InChI=1S/C24H17ClFN3O3S/c1-11-27-9-14(32-11)10-29-22(15-5-4-13(26)8-17(15)12-2-3-12)28-23-19(24(29)31)16-6-7-18(25)20(30)21(16)33-23/h4-9,12,30H,2-3,10H2,1H3. The van der Waals surface area contributed by atoms with Gasteiger partial charge in [-0.2, -0.15) is 0 Å². The number of fused-ring (bicyclic) bond motifs is 3. The average molecular weight is 482 g/mol. The Balaban J connectivity index is 1.69. The highest BCUT2D eigenvalue weighted by Crippen LogP contribution is 2.45. The van der Waals surface area contributed by atoms with Crippen LogP contribution in [0, 0.1) is 12.7 Å². The molecule has 0 unspecified atom stereocenters. The molecular weight excluding hydrogens is 465 g/mol. The van der Waals surface area contributed by atoms with Crippen LogP contribution in [0.5, 0.6) is 5.75 Å². The minimum Gasteiger partial charge on any atom is -0.505 e. The summed E-state index contributed by atoms with van der Waals surface area (Å²) in [5, 5.41) is 11.7. The maximum absolute atomic E-state index is 14.1. The van der Waals surface area contributed by atoms with Crippen LogP contribution >= 0.6 is 22.9 Å². The molecule has 9 heteroatoms. The molecule has 0 aliphatic heterocycles. The lowest BCUT2D eigenvalue weighted by molar-refractivity contribution is 0.460. The van der Waals surface area contributed by atoms with Crippen molar-refractivity contribution in [1.82, 2.24) is 14.5 Å². The fourth-order valence-electron chi connectivity index (χ4n) is 4.24. The van der Waals surface area contributed by atoms with E-state index in [4.69, 9.17) is 21.0 Å². The van der Waals surface area contributed by atoms with Gasteiger partial charge >= 0.3 is 0 Å². The van der Waals surface area contributed by atoms with Gasteiger partial charge in [-0.15, -0.1) is 11.3 Å². The predicted molar refractivity (Wildman–Crippen MR) is 126 cm³/mol. The smallest absolute Gasteiger partial charge is 0.263 e. The van der Waals surface area contributed by atoms with Gasteiger partial charge in [0.05, 0.1) is 27.9 Å². The van der Waals surface area contributed by atoms with Crippen molar-refractivity contribution < 1.29 is 13.9 Å². The third-order valence-corrected chi connectivity index (χ3v) is 7.35. The number of benzene rings is 2. The summed E-state index contributed by atoms with van der Waals surface area (Å²) < 4.78 is 21.8. The predicted octanol–water partition coefficient (Wildman–Crippen LogP) is 6.00. The molecule has 6 rings (SSSR count). The van der Waals surface area contributed by atoms with Gasteiger partial charge in [0, 0.05) is 17.9 Å². The summed E-state index contributed by atoms with van der Waals surface area (Å²) in [5.74, 6) is 1.29. The van der Waals surface area contributed by atoms with E-state index in [1.807, 2.05) is 0 Å². The lowest BCUT2D eigenvalue weighted by Gasteiger charge is -2.15. The highest BCUT2D eigenvalue weighted by atomic mass is 35.5. The van der Waals surface area contributed by atoms with Crippen molar-refractivity contribution in [3.05, 3.63) is 74.9 Å². The van der Waals surface area contributed by atoms with Gasteiger partial charge in [0.15, 0.2) is 11.6 Å². The van der Waals surface area contributed by atoms with Crippen molar-refractivity contribution in [1.29, 1.82) is 0 Å². The van der Waals surface area contributed by atoms with Gasteiger partial charge in [0.2, 0.25) is 0 Å². The zero-order chi connectivity index (χ0) is 22.9. The number of halogens is 2. The van der Waals surface area contributed by atoms with Gasteiger partial charge in [-0.05, 0) is 48.6 Å². The largest absolute Gasteiger partial charge is 0.505 e. The summed E-state index contributed by atoms with van der Waals surface area (Å²) in [7, 11) is 0. The summed E-state index contributed by atoms with van der Waals surface area (Å²) >= 11 is 7.31. The van der Waals surface area contributed by atoms with Crippen LogP contribution in [0.15, 0.2) is 45.7 Å². The SMILES string of the molecule is Cc1ncc(Cn2c(-c3ccc(F)cc3C3CC3)nc3sc4c(O)c(Cl)ccc4c3c2=O)o1. The molecule has 1 saturated carbocycles. The molecule has 1 N–H and O–H groups in total. The van der Waals surface area contributed by atoms with Crippen molar-refractivity contribution in [2.45, 2.75) is 32.2 Å². The van der Waals surface area contributed by atoms with Crippen molar-refractivity contribution in [2.24, 2.45) is 0 Å². The van der Waals surface area contributed by atoms with E-state index in [0.717, 1.165) is 18.4 Å². The Labute approximate surface area is 195 Å². The molecule has 1 aliphatic carbocycles. The van der Waals surface area contributed by atoms with Gasteiger partial charge in [0.25, 0.3) is 5.56 Å². The molecule has 0 radical (unpaired) electrons. The van der Waals surface area contributed by atoms with Crippen LogP contribution in [0.3, 0.4) is 0 Å². The monoisotopic (exact) mass is 481 g/mol. The quantitative estimate of drug-likeness (QED) is 0.340. The molecule has 1 fully saturated rings. The molecule has 0 saturated heterocycles. The Kier molecular flexibility index (Phi) is 4.57. The van der Waals surface area contributed by atoms with E-state index in [1.54, 1.807) is 35.9 Å². The number of phenolic OH excluding ortho intramolecular Hbond substituents is 1. The fraction of sp³-hybridized carbons (Fsp3) is 0.208. The fourth-order valence-corrected chi connectivity index (χ4v) is 5.56. The third kappa shape index (κ3) is 3.32. The number of hydrogen-bond donors (Lipinski definition) is 1. The number of aromatic hydroxyl groups is 1. The van der Waals surface area contributed by atoms with Crippen LogP contribution in [0.25, 0.3) is 31.7 Å². The number of aromatic nitrogens is 3. The van der Waals surface area contributed by atoms with E-state index in [0.29, 0.717) is 43.3 Å². The first-order chi connectivity index (χ1) is 15.9. The first-order valence-electron chi connectivity index (χ1n) is 10.5. The van der Waals surface area contributed by atoms with Gasteiger partial charge in [-0.1, -0.05) is 17.7 Å². The zero-order valence-corrected chi connectivity index (χ0v) is 19.0. The summed E-state index contributed by atoms with van der Waals surface area (Å²) in [6.45, 7) is 1.86. The lowest BCUT2D eigenvalue weighted by atomic mass is 10.0. The molecule has 166 valence electrons. The minimum atomic E-state index is -0.317. The molecule has 33 heavy (non-hydrogen) atoms. The highest BCUT2D eigenvalue weighted by molar-refractivity contribution is 7.25. The number of aryl methyl sites for hydroxylation is 1. The summed E-state index contributed by atoms with van der Waals surface area (Å²) in [5.41, 5.74) is 1.28. The van der Waals surface area contributed by atoms with E-state index < -0.39 is 0 Å². The van der Waals surface area contributed by atoms with Crippen LogP contribution in [-0.2, 0) is 6.54 Å². The molecule has 6 nitrogen and oxygen atoms in total. The van der Waals surface area contributed by atoms with Crippen molar-refractivity contribution in [2.75, 3.05) is 0 Å². The second kappa shape index (κ2) is 7.40. The summed E-state index contributed by atoms with van der Waals surface area (Å²) in [4.78, 5) is 23.3. The first-order valence-corrected chi connectivity index (χ1v) is 11.7. The topological polar surface area (TPSA) is 81.1 Å². The zero-order valence-electron chi connectivity index (χ0n) is 17.4. The van der Waals surface area contributed by atoms with Gasteiger partial charge < -0.3 is 9.52 Å². The van der Waals surface area contributed by atoms with Crippen molar-refractivity contribution in [3.8, 4) is 17.1 Å². The number of phenols is 1. The maximum Gasteiger partial charge on any atom is 0.263 e. The molecule has 3 aromatic heterocycles. The van der Waals surface area contributed by atoms with Crippen molar-refractivity contribution in [3.63, 3.8) is 0 Å². The van der Waals surface area contributed by atoms with E-state index in [9.17, 15) is 14.3 Å². The number of rotatable bonds is 4. The van der Waals surface area contributed by atoms with E-state index in [-0.39, 0.29) is 34.6 Å². The van der Waals surface area contributed by atoms with Crippen LogP contribution < -0.4 is 5.56 Å². The second-order valence-corrected chi connectivity index (χ2v) is 9.64. The molecule has 2 aromatic carbocycles. The number of thiophene rings is 1. The highest BCUT2D eigenvalue weighted by Gasteiger charge is 2.29. The molecule has 0 amide bonds. The third-order valence-electron chi connectivity index (χ3n) is 5.94. The van der Waals surface area contributed by atoms with Crippen LogP contribution in [-0.4, -0.2) is 19.6 Å². The van der Waals surface area contributed by atoms with Crippen LogP contribution in [0.2, 0.25) is 5.02 Å². The van der Waals surface area contributed by atoms with Crippen molar-refractivity contribution >= 4 is 43.2 Å². The normalized spacial score (nSPS) is 13.9. The Morgan fingerprint density at radius 3 is 2.85 bits per heavy atom. The Hall–Kier alpha value is -3.23. The molecule has 3 heterocycles. The molecule has 5 aromatic rings. The Morgan fingerprint density at radius 2 is 2.12 bits per heavy atom. The van der Waals surface area contributed by atoms with E-state index in [2.05, 4.69) is 4.98 Å². The lowest BCUT2D eigenvalue weighted by Crippen LogP contribution is -2.24. The second-order valence-electron chi connectivity index (χ2n) is 8.23. The molecular formula is C24H17ClFN3O3S. The summed E-state index contributed by atoms with van der Waals surface area (Å²) in [6, 6.07) is 7.88.